The fourth-order valence-electron chi connectivity index (χ4n) is 1.73. The van der Waals surface area contributed by atoms with Crippen molar-refractivity contribution in [3.05, 3.63) is 23.8 Å². The molecule has 0 aliphatic carbocycles. The zero-order valence-corrected chi connectivity index (χ0v) is 13.1. The third-order valence-electron chi connectivity index (χ3n) is 2.40. The van der Waals surface area contributed by atoms with E-state index in [4.69, 9.17) is 9.47 Å². The SMILES string of the molecule is COc1ccc(CN(C)C)cc1NC(=O)OC(C)(C)C. The number of hydrogen-bond acceptors (Lipinski definition) is 4. The number of ether oxygens (including phenoxy) is 2. The summed E-state index contributed by atoms with van der Waals surface area (Å²) in [4.78, 5) is 13.9. The van der Waals surface area contributed by atoms with Crippen LogP contribution in [0.1, 0.15) is 26.3 Å². The minimum Gasteiger partial charge on any atom is -0.495 e. The van der Waals surface area contributed by atoms with E-state index in [1.54, 1.807) is 7.11 Å². The fourth-order valence-corrected chi connectivity index (χ4v) is 1.73. The van der Waals surface area contributed by atoms with E-state index in [0.717, 1.165) is 12.1 Å². The van der Waals surface area contributed by atoms with Crippen molar-refractivity contribution in [2.24, 2.45) is 0 Å². The summed E-state index contributed by atoms with van der Waals surface area (Å²) in [5.41, 5.74) is 1.17. The molecule has 0 atom stereocenters. The second-order valence-electron chi connectivity index (χ2n) is 5.90. The summed E-state index contributed by atoms with van der Waals surface area (Å²) in [7, 11) is 5.55. The van der Waals surface area contributed by atoms with Crippen LogP contribution in [0, 0.1) is 0 Å². The highest BCUT2D eigenvalue weighted by Gasteiger charge is 2.17. The lowest BCUT2D eigenvalue weighted by Crippen LogP contribution is -2.27. The van der Waals surface area contributed by atoms with E-state index in [-0.39, 0.29) is 0 Å². The molecule has 1 aromatic carbocycles. The number of rotatable bonds is 4. The van der Waals surface area contributed by atoms with Crippen LogP contribution in [-0.4, -0.2) is 37.8 Å². The number of methoxy groups -OCH3 is 1. The number of benzene rings is 1. The van der Waals surface area contributed by atoms with Gasteiger partial charge in [0, 0.05) is 6.54 Å². The molecule has 1 aromatic rings. The highest BCUT2D eigenvalue weighted by molar-refractivity contribution is 5.87. The Balaban J connectivity index is 2.88. The largest absolute Gasteiger partial charge is 0.495 e. The first-order valence-corrected chi connectivity index (χ1v) is 6.53. The summed E-state index contributed by atoms with van der Waals surface area (Å²) in [6.45, 7) is 6.26. The Bertz CT molecular complexity index is 465. The standard InChI is InChI=1S/C15H24N2O3/c1-15(2,3)20-14(18)16-12-9-11(10-17(4)5)7-8-13(12)19-6/h7-9H,10H2,1-6H3,(H,16,18). The van der Waals surface area contributed by atoms with Gasteiger partial charge < -0.3 is 14.4 Å². The van der Waals surface area contributed by atoms with Gasteiger partial charge in [-0.3, -0.25) is 5.32 Å². The predicted molar refractivity (Wildman–Crippen MR) is 80.2 cm³/mol. The number of nitrogens with zero attached hydrogens (tertiary/aromatic N) is 1. The molecule has 0 aromatic heterocycles. The Morgan fingerprint density at radius 2 is 1.95 bits per heavy atom. The van der Waals surface area contributed by atoms with Crippen molar-refractivity contribution in [2.75, 3.05) is 26.5 Å². The number of hydrogen-bond donors (Lipinski definition) is 1. The molecule has 0 aliphatic heterocycles. The maximum atomic E-state index is 11.8. The average Bonchev–Trinajstić information content (AvgIpc) is 2.25. The zero-order chi connectivity index (χ0) is 15.3. The van der Waals surface area contributed by atoms with Crippen molar-refractivity contribution in [3.8, 4) is 5.75 Å². The minimum atomic E-state index is -0.529. The lowest BCUT2D eigenvalue weighted by Gasteiger charge is -2.20. The van der Waals surface area contributed by atoms with E-state index in [1.807, 2.05) is 53.1 Å². The first-order valence-electron chi connectivity index (χ1n) is 6.53. The third kappa shape index (κ3) is 5.48. The van der Waals surface area contributed by atoms with Gasteiger partial charge in [0.15, 0.2) is 0 Å². The maximum Gasteiger partial charge on any atom is 0.412 e. The van der Waals surface area contributed by atoms with Crippen molar-refractivity contribution in [1.82, 2.24) is 4.90 Å². The summed E-state index contributed by atoms with van der Waals surface area (Å²) in [5, 5.41) is 2.73. The molecule has 1 N–H and O–H groups in total. The molecule has 0 heterocycles. The van der Waals surface area contributed by atoms with Gasteiger partial charge in [-0.05, 0) is 52.6 Å². The molecule has 1 rings (SSSR count). The number of nitrogens with one attached hydrogen (secondary N) is 1. The molecule has 0 fully saturated rings. The Labute approximate surface area is 120 Å². The molecule has 0 aliphatic rings. The van der Waals surface area contributed by atoms with Crippen molar-refractivity contribution in [1.29, 1.82) is 0 Å². The Morgan fingerprint density at radius 3 is 2.45 bits per heavy atom. The molecule has 0 unspecified atom stereocenters. The summed E-state index contributed by atoms with van der Waals surface area (Å²) in [6.07, 6.45) is -0.488. The average molecular weight is 280 g/mol. The van der Waals surface area contributed by atoms with Crippen molar-refractivity contribution >= 4 is 11.8 Å². The Morgan fingerprint density at radius 1 is 1.30 bits per heavy atom. The number of anilines is 1. The van der Waals surface area contributed by atoms with E-state index in [9.17, 15) is 4.79 Å². The summed E-state index contributed by atoms with van der Waals surface area (Å²) < 4.78 is 10.5. The lowest BCUT2D eigenvalue weighted by atomic mass is 10.1. The van der Waals surface area contributed by atoms with Crippen LogP contribution in [0.25, 0.3) is 0 Å². The van der Waals surface area contributed by atoms with Crippen molar-refractivity contribution < 1.29 is 14.3 Å². The van der Waals surface area contributed by atoms with Crippen LogP contribution in [0.4, 0.5) is 10.5 Å². The highest BCUT2D eigenvalue weighted by atomic mass is 16.6. The van der Waals surface area contributed by atoms with Gasteiger partial charge in [-0.2, -0.15) is 0 Å². The second kappa shape index (κ2) is 6.61. The van der Waals surface area contributed by atoms with E-state index in [0.29, 0.717) is 11.4 Å². The normalized spacial score (nSPS) is 11.3. The molecule has 0 bridgehead atoms. The molecule has 0 spiro atoms. The number of carbonyl (C=O) groups is 1. The van der Waals surface area contributed by atoms with E-state index in [1.165, 1.54) is 0 Å². The van der Waals surface area contributed by atoms with Crippen LogP contribution >= 0.6 is 0 Å². The highest BCUT2D eigenvalue weighted by Crippen LogP contribution is 2.26. The lowest BCUT2D eigenvalue weighted by molar-refractivity contribution is 0.0635. The minimum absolute atomic E-state index is 0.488. The molecule has 112 valence electrons. The smallest absolute Gasteiger partial charge is 0.412 e. The monoisotopic (exact) mass is 280 g/mol. The van der Waals surface area contributed by atoms with Crippen LogP contribution in [-0.2, 0) is 11.3 Å². The third-order valence-corrected chi connectivity index (χ3v) is 2.40. The predicted octanol–water partition coefficient (Wildman–Crippen LogP) is 3.10. The molecule has 0 radical (unpaired) electrons. The first kappa shape index (κ1) is 16.3. The van der Waals surface area contributed by atoms with E-state index >= 15 is 0 Å². The van der Waals surface area contributed by atoms with Gasteiger partial charge in [-0.25, -0.2) is 4.79 Å². The molecule has 0 saturated carbocycles. The van der Waals surface area contributed by atoms with Gasteiger partial charge in [0.05, 0.1) is 12.8 Å². The maximum absolute atomic E-state index is 11.8. The summed E-state index contributed by atoms with van der Waals surface area (Å²) in [6, 6.07) is 5.70. The molecular formula is C15H24N2O3. The van der Waals surface area contributed by atoms with Gasteiger partial charge in [0.1, 0.15) is 11.4 Å². The van der Waals surface area contributed by atoms with Crippen LogP contribution < -0.4 is 10.1 Å². The van der Waals surface area contributed by atoms with Gasteiger partial charge >= 0.3 is 6.09 Å². The van der Waals surface area contributed by atoms with Gasteiger partial charge in [-0.15, -0.1) is 0 Å². The molecule has 0 saturated heterocycles. The Kier molecular flexibility index (Phi) is 5.39. The molecule has 20 heavy (non-hydrogen) atoms. The van der Waals surface area contributed by atoms with Crippen LogP contribution in [0.15, 0.2) is 18.2 Å². The molecule has 5 nitrogen and oxygen atoms in total. The van der Waals surface area contributed by atoms with Gasteiger partial charge in [0.25, 0.3) is 0 Å². The quantitative estimate of drug-likeness (QED) is 0.920. The second-order valence-corrected chi connectivity index (χ2v) is 5.90. The summed E-state index contributed by atoms with van der Waals surface area (Å²) >= 11 is 0. The van der Waals surface area contributed by atoms with E-state index < -0.39 is 11.7 Å². The molecular weight excluding hydrogens is 256 g/mol. The Hall–Kier alpha value is -1.75. The molecule has 5 heteroatoms. The van der Waals surface area contributed by atoms with Gasteiger partial charge in [-0.1, -0.05) is 6.07 Å². The van der Waals surface area contributed by atoms with Crippen LogP contribution in [0.3, 0.4) is 0 Å². The fraction of sp³-hybridized carbons (Fsp3) is 0.533. The van der Waals surface area contributed by atoms with E-state index in [2.05, 4.69) is 10.2 Å². The molecule has 1 amide bonds. The van der Waals surface area contributed by atoms with Crippen molar-refractivity contribution in [3.63, 3.8) is 0 Å². The van der Waals surface area contributed by atoms with Gasteiger partial charge in [0.2, 0.25) is 0 Å². The summed E-state index contributed by atoms with van der Waals surface area (Å²) in [5.74, 6) is 0.610. The zero-order valence-electron chi connectivity index (χ0n) is 13.1. The topological polar surface area (TPSA) is 50.8 Å². The van der Waals surface area contributed by atoms with Crippen LogP contribution in [0.2, 0.25) is 0 Å². The first-order chi connectivity index (χ1) is 9.21. The number of amides is 1. The van der Waals surface area contributed by atoms with Crippen LogP contribution in [0.5, 0.6) is 5.75 Å². The number of carbonyl (C=O) groups excluding carboxylic acids is 1. The van der Waals surface area contributed by atoms with Crippen molar-refractivity contribution in [2.45, 2.75) is 32.9 Å².